The molecule has 0 bridgehead atoms. The summed E-state index contributed by atoms with van der Waals surface area (Å²) in [4.78, 5) is 29.6. The van der Waals surface area contributed by atoms with E-state index in [4.69, 9.17) is 4.74 Å². The number of nitrogens with zero attached hydrogens (tertiary/aromatic N) is 2. The number of ketones is 1. The first-order chi connectivity index (χ1) is 15.4. The molecule has 2 aromatic carbocycles. The number of likely N-dealkylation sites (tertiary alicyclic amines) is 1. The van der Waals surface area contributed by atoms with Gasteiger partial charge in [-0.25, -0.2) is 0 Å². The lowest BCUT2D eigenvalue weighted by Gasteiger charge is -2.40. The maximum absolute atomic E-state index is 12.8. The van der Waals surface area contributed by atoms with Gasteiger partial charge in [0.05, 0.1) is 23.9 Å². The first-order valence-electron chi connectivity index (χ1n) is 11.5. The molecule has 1 saturated heterocycles. The number of benzene rings is 2. The fourth-order valence-electron chi connectivity index (χ4n) is 5.49. The second-order valence-electron chi connectivity index (χ2n) is 9.77. The first-order valence-corrected chi connectivity index (χ1v) is 11.5. The molecule has 0 saturated carbocycles. The Morgan fingerprint density at radius 2 is 1.72 bits per heavy atom. The van der Waals surface area contributed by atoms with Crippen LogP contribution in [0.5, 0.6) is 5.75 Å². The Bertz CT molecular complexity index is 1100. The number of anilines is 1. The fraction of sp³-hybridized carbons (Fsp3) is 0.407. The van der Waals surface area contributed by atoms with Crippen molar-refractivity contribution in [3.05, 3.63) is 65.2 Å². The molecule has 166 valence electrons. The van der Waals surface area contributed by atoms with Gasteiger partial charge in [0, 0.05) is 12.1 Å². The smallest absolute Gasteiger partial charge is 0.300 e. The Hall–Kier alpha value is -2.92. The second kappa shape index (κ2) is 7.89. The lowest BCUT2D eigenvalue weighted by Crippen LogP contribution is -2.48. The molecule has 0 atom stereocenters. The van der Waals surface area contributed by atoms with E-state index in [0.717, 1.165) is 43.2 Å². The molecular weight excluding hydrogens is 400 g/mol. The van der Waals surface area contributed by atoms with Gasteiger partial charge >= 0.3 is 0 Å². The van der Waals surface area contributed by atoms with Crippen LogP contribution in [0.1, 0.15) is 48.2 Å². The Morgan fingerprint density at radius 1 is 1.03 bits per heavy atom. The largest absolute Gasteiger partial charge is 0.497 e. The van der Waals surface area contributed by atoms with Crippen LogP contribution in [0.3, 0.4) is 0 Å². The maximum Gasteiger partial charge on any atom is 0.300 e. The minimum absolute atomic E-state index is 0.440. The molecule has 1 fully saturated rings. The van der Waals surface area contributed by atoms with Crippen molar-refractivity contribution in [1.29, 1.82) is 0 Å². The van der Waals surface area contributed by atoms with Gasteiger partial charge in [-0.3, -0.25) is 19.4 Å². The standard InChI is InChI=1S/C27H30N2O3/c1-27(2)16-20(17-28-11-9-19(10-12-28)13-18-7-5-4-6-8-18)22-14-21(32-3)15-23-24(22)29(27)26(31)25(23)30/h4-8,14-16,19H,9-13,17H2,1-3H3. The molecule has 0 spiro atoms. The van der Waals surface area contributed by atoms with E-state index in [2.05, 4.69) is 41.3 Å². The number of amides is 1. The third-order valence-electron chi connectivity index (χ3n) is 7.10. The highest BCUT2D eigenvalue weighted by Gasteiger charge is 2.47. The average Bonchev–Trinajstić information content (AvgIpc) is 3.05. The summed E-state index contributed by atoms with van der Waals surface area (Å²) < 4.78 is 5.46. The summed E-state index contributed by atoms with van der Waals surface area (Å²) in [5, 5.41) is 0. The second-order valence-corrected chi connectivity index (χ2v) is 9.77. The molecule has 5 heteroatoms. The molecule has 0 radical (unpaired) electrons. The third-order valence-corrected chi connectivity index (χ3v) is 7.10. The molecule has 2 aromatic rings. The Balaban J connectivity index is 1.37. The zero-order valence-corrected chi connectivity index (χ0v) is 19.1. The molecule has 3 aliphatic heterocycles. The molecule has 3 heterocycles. The zero-order chi connectivity index (χ0) is 22.5. The lowest BCUT2D eigenvalue weighted by atomic mass is 9.86. The lowest BCUT2D eigenvalue weighted by molar-refractivity contribution is -0.115. The van der Waals surface area contributed by atoms with E-state index in [1.165, 1.54) is 24.0 Å². The van der Waals surface area contributed by atoms with Gasteiger partial charge in [0.25, 0.3) is 11.7 Å². The van der Waals surface area contributed by atoms with E-state index in [0.29, 0.717) is 11.3 Å². The summed E-state index contributed by atoms with van der Waals surface area (Å²) in [6.07, 6.45) is 5.67. The number of hydrogen-bond donors (Lipinski definition) is 0. The third kappa shape index (κ3) is 3.55. The number of piperidine rings is 1. The highest BCUT2D eigenvalue weighted by molar-refractivity contribution is 6.53. The van der Waals surface area contributed by atoms with Crippen LogP contribution in [-0.4, -0.2) is 48.9 Å². The zero-order valence-electron chi connectivity index (χ0n) is 19.1. The van der Waals surface area contributed by atoms with Gasteiger partial charge in [-0.2, -0.15) is 0 Å². The molecule has 5 rings (SSSR count). The number of carbonyl (C=O) groups is 2. The van der Waals surface area contributed by atoms with Gasteiger partial charge in [-0.1, -0.05) is 36.4 Å². The summed E-state index contributed by atoms with van der Waals surface area (Å²) in [5.74, 6) is 0.451. The Labute approximate surface area is 189 Å². The van der Waals surface area contributed by atoms with Crippen LogP contribution in [0.25, 0.3) is 5.57 Å². The van der Waals surface area contributed by atoms with Crippen molar-refractivity contribution in [1.82, 2.24) is 4.90 Å². The summed E-state index contributed by atoms with van der Waals surface area (Å²) in [5.41, 5.74) is 4.21. The minimum atomic E-state index is -0.541. The monoisotopic (exact) mass is 430 g/mol. The SMILES string of the molecule is COc1cc2c3c(c1)C(CN1CCC(Cc4ccccc4)CC1)=CC(C)(C)N3C(=O)C2=O. The van der Waals surface area contributed by atoms with Crippen LogP contribution in [0.2, 0.25) is 0 Å². The summed E-state index contributed by atoms with van der Waals surface area (Å²) in [6.45, 7) is 6.95. The number of rotatable bonds is 5. The van der Waals surface area contributed by atoms with Crippen molar-refractivity contribution in [2.75, 3.05) is 31.6 Å². The van der Waals surface area contributed by atoms with Crippen molar-refractivity contribution in [3.63, 3.8) is 0 Å². The molecule has 1 amide bonds. The predicted molar refractivity (Wildman–Crippen MR) is 126 cm³/mol. The van der Waals surface area contributed by atoms with Crippen molar-refractivity contribution in [2.45, 2.75) is 38.6 Å². The van der Waals surface area contributed by atoms with Gasteiger partial charge < -0.3 is 4.74 Å². The summed E-state index contributed by atoms with van der Waals surface area (Å²) in [6, 6.07) is 14.4. The normalized spacial score (nSPS) is 20.3. The quantitative estimate of drug-likeness (QED) is 0.662. The highest BCUT2D eigenvalue weighted by Crippen LogP contribution is 2.47. The minimum Gasteiger partial charge on any atom is -0.497 e. The van der Waals surface area contributed by atoms with Crippen LogP contribution < -0.4 is 9.64 Å². The molecule has 0 aromatic heterocycles. The topological polar surface area (TPSA) is 49.9 Å². The van der Waals surface area contributed by atoms with Gasteiger partial charge in [-0.05, 0) is 75.4 Å². The van der Waals surface area contributed by atoms with Crippen LogP contribution >= 0.6 is 0 Å². The van der Waals surface area contributed by atoms with E-state index in [1.807, 2.05) is 19.9 Å². The van der Waals surface area contributed by atoms with Crippen LogP contribution in [0, 0.1) is 5.92 Å². The van der Waals surface area contributed by atoms with Crippen molar-refractivity contribution < 1.29 is 14.3 Å². The first kappa shape index (κ1) is 21.0. The Kier molecular flexibility index (Phi) is 5.17. The van der Waals surface area contributed by atoms with Crippen LogP contribution in [0.4, 0.5) is 5.69 Å². The molecule has 0 unspecified atom stereocenters. The molecule has 5 nitrogen and oxygen atoms in total. The molecule has 0 N–H and O–H groups in total. The van der Waals surface area contributed by atoms with Crippen LogP contribution in [0.15, 0.2) is 48.5 Å². The van der Waals surface area contributed by atoms with E-state index in [1.54, 1.807) is 18.1 Å². The number of Topliss-reactive ketones (excluding diaryl/α,β-unsaturated/α-hetero) is 1. The summed E-state index contributed by atoms with van der Waals surface area (Å²) in [7, 11) is 1.60. The van der Waals surface area contributed by atoms with Gasteiger partial charge in [0.15, 0.2) is 0 Å². The number of carbonyl (C=O) groups excluding carboxylic acids is 2. The van der Waals surface area contributed by atoms with Gasteiger partial charge in [-0.15, -0.1) is 0 Å². The molecular formula is C27H30N2O3. The molecule has 3 aliphatic rings. The Morgan fingerprint density at radius 3 is 2.41 bits per heavy atom. The number of methoxy groups -OCH3 is 1. The van der Waals surface area contributed by atoms with Crippen molar-refractivity contribution in [3.8, 4) is 5.75 Å². The predicted octanol–water partition coefficient (Wildman–Crippen LogP) is 4.35. The van der Waals surface area contributed by atoms with E-state index in [9.17, 15) is 9.59 Å². The van der Waals surface area contributed by atoms with Crippen molar-refractivity contribution >= 4 is 23.0 Å². The van der Waals surface area contributed by atoms with E-state index < -0.39 is 17.2 Å². The maximum atomic E-state index is 12.8. The summed E-state index contributed by atoms with van der Waals surface area (Å²) >= 11 is 0. The van der Waals surface area contributed by atoms with E-state index in [-0.39, 0.29) is 0 Å². The molecule has 0 aliphatic carbocycles. The van der Waals surface area contributed by atoms with Gasteiger partial charge in [0.2, 0.25) is 0 Å². The van der Waals surface area contributed by atoms with Crippen molar-refractivity contribution in [2.24, 2.45) is 5.92 Å². The van der Waals surface area contributed by atoms with Gasteiger partial charge in [0.1, 0.15) is 5.75 Å². The number of ether oxygens (including phenoxy) is 1. The van der Waals surface area contributed by atoms with Crippen LogP contribution in [-0.2, 0) is 11.2 Å². The highest BCUT2D eigenvalue weighted by atomic mass is 16.5. The van der Waals surface area contributed by atoms with E-state index >= 15 is 0 Å². The molecule has 32 heavy (non-hydrogen) atoms. The number of hydrogen-bond acceptors (Lipinski definition) is 4. The average molecular weight is 431 g/mol. The fourth-order valence-corrected chi connectivity index (χ4v) is 5.49.